The highest BCUT2D eigenvalue weighted by atomic mass is 16.6. The lowest BCUT2D eigenvalue weighted by molar-refractivity contribution is 0.0697. The third-order valence-corrected chi connectivity index (χ3v) is 2.77. The Kier molecular flexibility index (Phi) is 2.67. The number of ether oxygens (including phenoxy) is 1. The zero-order chi connectivity index (χ0) is 14.3. The molecular weight excluding hydrogens is 262 g/mol. The van der Waals surface area contributed by atoms with Gasteiger partial charge in [-0.2, -0.15) is 10.1 Å². The Bertz CT molecular complexity index is 803. The summed E-state index contributed by atoms with van der Waals surface area (Å²) in [7, 11) is 1.74. The maximum atomic E-state index is 10.9. The summed E-state index contributed by atoms with van der Waals surface area (Å²) in [6.45, 7) is 1.85. The highest BCUT2D eigenvalue weighted by Gasteiger charge is 2.13. The van der Waals surface area contributed by atoms with Crippen LogP contribution in [0.2, 0.25) is 0 Å². The van der Waals surface area contributed by atoms with Gasteiger partial charge in [0.05, 0.1) is 11.3 Å². The van der Waals surface area contributed by atoms with Gasteiger partial charge in [0, 0.05) is 13.1 Å². The first-order chi connectivity index (χ1) is 9.52. The van der Waals surface area contributed by atoms with Crippen molar-refractivity contribution in [3.05, 3.63) is 35.5 Å². The van der Waals surface area contributed by atoms with Crippen LogP contribution in [0.5, 0.6) is 12.0 Å². The van der Waals surface area contributed by atoms with Gasteiger partial charge in [-0.25, -0.2) is 9.48 Å². The molecule has 3 rings (SSSR count). The van der Waals surface area contributed by atoms with Crippen LogP contribution in [0.4, 0.5) is 0 Å². The second-order valence-corrected chi connectivity index (χ2v) is 4.32. The summed E-state index contributed by atoms with van der Waals surface area (Å²) in [5.41, 5.74) is 1.84. The molecule has 3 aromatic rings. The van der Waals surface area contributed by atoms with Crippen LogP contribution in [-0.2, 0) is 7.05 Å². The average molecular weight is 273 g/mol. The molecule has 0 aliphatic carbocycles. The minimum Gasteiger partial charge on any atom is -0.478 e. The Hall–Kier alpha value is -2.83. The summed E-state index contributed by atoms with van der Waals surface area (Å²) in [6, 6.07) is 6.19. The lowest BCUT2D eigenvalue weighted by atomic mass is 10.2. The van der Waals surface area contributed by atoms with Gasteiger partial charge in [0.15, 0.2) is 5.58 Å². The minimum absolute atomic E-state index is 0.0468. The molecule has 2 heterocycles. The van der Waals surface area contributed by atoms with Gasteiger partial charge in [0.2, 0.25) is 5.88 Å². The zero-order valence-electron chi connectivity index (χ0n) is 10.8. The summed E-state index contributed by atoms with van der Waals surface area (Å²) >= 11 is 0. The molecule has 0 saturated carbocycles. The van der Waals surface area contributed by atoms with Gasteiger partial charge >= 0.3 is 12.0 Å². The summed E-state index contributed by atoms with van der Waals surface area (Å²) in [4.78, 5) is 15.0. The second-order valence-electron chi connectivity index (χ2n) is 4.32. The first-order valence-electron chi connectivity index (χ1n) is 5.85. The molecule has 0 radical (unpaired) electrons. The molecule has 102 valence electrons. The van der Waals surface area contributed by atoms with Crippen molar-refractivity contribution in [2.45, 2.75) is 6.92 Å². The number of carbonyl (C=O) groups is 1. The van der Waals surface area contributed by atoms with Gasteiger partial charge in [-0.05, 0) is 25.1 Å². The number of aromatic nitrogens is 3. The Morgan fingerprint density at radius 3 is 2.85 bits per heavy atom. The Morgan fingerprint density at radius 1 is 1.40 bits per heavy atom. The van der Waals surface area contributed by atoms with Crippen LogP contribution in [-0.4, -0.2) is 25.8 Å². The lowest BCUT2D eigenvalue weighted by Crippen LogP contribution is -1.94. The van der Waals surface area contributed by atoms with E-state index in [0.29, 0.717) is 17.0 Å². The third-order valence-electron chi connectivity index (χ3n) is 2.77. The number of benzene rings is 1. The summed E-state index contributed by atoms with van der Waals surface area (Å²) in [6.07, 6.45) is 0.0468. The molecule has 0 unspecified atom stereocenters. The number of nitrogens with zero attached hydrogens (tertiary/aromatic N) is 3. The zero-order valence-corrected chi connectivity index (χ0v) is 10.8. The first-order valence-corrected chi connectivity index (χ1v) is 5.85. The standard InChI is InChI=1S/C13H11N3O4/c1-7-5-11(16(2)15-7)20-13-14-9-4-3-8(12(17)18)6-10(9)19-13/h3-6H,1-2H3,(H,17,18). The number of carboxylic acid groups (broad SMARTS) is 1. The topological polar surface area (TPSA) is 90.4 Å². The molecule has 0 aliphatic heterocycles. The molecule has 0 aliphatic rings. The van der Waals surface area contributed by atoms with Crippen LogP contribution < -0.4 is 4.74 Å². The van der Waals surface area contributed by atoms with Crippen molar-refractivity contribution < 1.29 is 19.1 Å². The number of rotatable bonds is 3. The highest BCUT2D eigenvalue weighted by Crippen LogP contribution is 2.26. The number of aromatic carboxylic acids is 1. The summed E-state index contributed by atoms with van der Waals surface area (Å²) in [5, 5.41) is 13.1. The van der Waals surface area contributed by atoms with Crippen molar-refractivity contribution in [2.24, 2.45) is 7.05 Å². The van der Waals surface area contributed by atoms with E-state index in [0.717, 1.165) is 5.69 Å². The Labute approximate surface area is 113 Å². The fraction of sp³-hybridized carbons (Fsp3) is 0.154. The van der Waals surface area contributed by atoms with Gasteiger partial charge in [0.25, 0.3) is 0 Å². The van der Waals surface area contributed by atoms with Crippen molar-refractivity contribution >= 4 is 17.1 Å². The van der Waals surface area contributed by atoms with E-state index >= 15 is 0 Å². The Morgan fingerprint density at radius 2 is 2.20 bits per heavy atom. The van der Waals surface area contributed by atoms with Crippen molar-refractivity contribution in [1.29, 1.82) is 0 Å². The van der Waals surface area contributed by atoms with Crippen molar-refractivity contribution in [1.82, 2.24) is 14.8 Å². The van der Waals surface area contributed by atoms with Crippen molar-refractivity contribution in [3.8, 4) is 12.0 Å². The summed E-state index contributed by atoms with van der Waals surface area (Å²) in [5.74, 6) is -0.527. The van der Waals surface area contributed by atoms with E-state index in [1.54, 1.807) is 23.9 Å². The van der Waals surface area contributed by atoms with Crippen LogP contribution in [0.1, 0.15) is 16.1 Å². The van der Waals surface area contributed by atoms with Gasteiger partial charge in [-0.1, -0.05) is 0 Å². The number of hydrogen-bond acceptors (Lipinski definition) is 5. The minimum atomic E-state index is -1.02. The maximum absolute atomic E-state index is 10.9. The van der Waals surface area contributed by atoms with Gasteiger partial charge in [0.1, 0.15) is 5.52 Å². The van der Waals surface area contributed by atoms with E-state index in [1.165, 1.54) is 12.1 Å². The second kappa shape index (κ2) is 4.37. The molecule has 0 saturated heterocycles. The molecule has 1 aromatic carbocycles. The lowest BCUT2D eigenvalue weighted by Gasteiger charge is -1.98. The van der Waals surface area contributed by atoms with E-state index in [2.05, 4.69) is 10.1 Å². The van der Waals surface area contributed by atoms with Crippen molar-refractivity contribution in [2.75, 3.05) is 0 Å². The van der Waals surface area contributed by atoms with E-state index < -0.39 is 5.97 Å². The fourth-order valence-electron chi connectivity index (χ4n) is 1.85. The quantitative estimate of drug-likeness (QED) is 0.787. The third kappa shape index (κ3) is 2.09. The van der Waals surface area contributed by atoms with Crippen molar-refractivity contribution in [3.63, 3.8) is 0 Å². The maximum Gasteiger partial charge on any atom is 0.401 e. The number of hydrogen-bond donors (Lipinski definition) is 1. The molecule has 7 heteroatoms. The largest absolute Gasteiger partial charge is 0.478 e. The number of fused-ring (bicyclic) bond motifs is 1. The van der Waals surface area contributed by atoms with Crippen LogP contribution in [0, 0.1) is 6.92 Å². The fourth-order valence-corrected chi connectivity index (χ4v) is 1.85. The molecule has 0 amide bonds. The molecule has 20 heavy (non-hydrogen) atoms. The number of aryl methyl sites for hydroxylation is 2. The molecule has 0 fully saturated rings. The molecular formula is C13H11N3O4. The number of oxazole rings is 1. The predicted molar refractivity (Wildman–Crippen MR) is 69.0 cm³/mol. The van der Waals surface area contributed by atoms with E-state index in [-0.39, 0.29) is 11.6 Å². The molecule has 0 atom stereocenters. The van der Waals surface area contributed by atoms with Crippen LogP contribution in [0.25, 0.3) is 11.1 Å². The highest BCUT2D eigenvalue weighted by molar-refractivity contribution is 5.91. The number of carboxylic acids is 1. The van der Waals surface area contributed by atoms with Crippen LogP contribution >= 0.6 is 0 Å². The van der Waals surface area contributed by atoms with Crippen LogP contribution in [0.15, 0.2) is 28.7 Å². The molecule has 2 aromatic heterocycles. The normalized spacial score (nSPS) is 10.9. The molecule has 0 bridgehead atoms. The van der Waals surface area contributed by atoms with Gasteiger partial charge in [-0.15, -0.1) is 0 Å². The van der Waals surface area contributed by atoms with Gasteiger partial charge < -0.3 is 14.3 Å². The van der Waals surface area contributed by atoms with Gasteiger partial charge in [-0.3, -0.25) is 0 Å². The predicted octanol–water partition coefficient (Wildman–Crippen LogP) is 2.36. The van der Waals surface area contributed by atoms with E-state index in [1.807, 2.05) is 6.92 Å². The van der Waals surface area contributed by atoms with E-state index in [9.17, 15) is 4.79 Å². The smallest absolute Gasteiger partial charge is 0.401 e. The average Bonchev–Trinajstić information content (AvgIpc) is 2.91. The first kappa shape index (κ1) is 12.2. The van der Waals surface area contributed by atoms with Crippen LogP contribution in [0.3, 0.4) is 0 Å². The monoisotopic (exact) mass is 273 g/mol. The molecule has 0 spiro atoms. The molecule has 7 nitrogen and oxygen atoms in total. The van der Waals surface area contributed by atoms with E-state index in [4.69, 9.17) is 14.3 Å². The summed E-state index contributed by atoms with van der Waals surface area (Å²) < 4.78 is 12.4. The Balaban J connectivity index is 1.96. The molecule has 1 N–H and O–H groups in total. The SMILES string of the molecule is Cc1cc(Oc2nc3ccc(C(=O)O)cc3o2)n(C)n1.